The van der Waals surface area contributed by atoms with Gasteiger partial charge < -0.3 is 39.0 Å². The lowest BCUT2D eigenvalue weighted by atomic mass is 9.83. The Balaban J connectivity index is 0.000000204. The van der Waals surface area contributed by atoms with Crippen LogP contribution in [-0.2, 0) is 28.5 Å². The van der Waals surface area contributed by atoms with Crippen LogP contribution in [0.4, 0.5) is 20.1 Å². The van der Waals surface area contributed by atoms with Crippen molar-refractivity contribution >= 4 is 58.7 Å². The van der Waals surface area contributed by atoms with E-state index in [0.29, 0.717) is 97.6 Å². The number of benzene rings is 1. The molecule has 15 heteroatoms. The van der Waals surface area contributed by atoms with Crippen LogP contribution in [0.25, 0.3) is 0 Å². The van der Waals surface area contributed by atoms with E-state index in [0.717, 1.165) is 5.69 Å². The maximum absolute atomic E-state index is 12.1. The lowest BCUT2D eigenvalue weighted by Crippen LogP contribution is -2.54. The molecule has 0 atom stereocenters. The van der Waals surface area contributed by atoms with Crippen molar-refractivity contribution in [2.24, 2.45) is 0 Å². The Morgan fingerprint density at radius 1 is 0.729 bits per heavy atom. The van der Waals surface area contributed by atoms with E-state index >= 15 is 0 Å². The summed E-state index contributed by atoms with van der Waals surface area (Å²) in [6.45, 7) is 11.4. The molecule has 13 nitrogen and oxygen atoms in total. The maximum Gasteiger partial charge on any atom is 0.409 e. The molecule has 0 bridgehead atoms. The molecule has 0 unspecified atom stereocenters. The average molecular weight is 716 g/mol. The Kier molecular flexibility index (Phi) is 14.6. The summed E-state index contributed by atoms with van der Waals surface area (Å²) in [5.41, 5.74) is -0.0963. The molecule has 5 rings (SSSR count). The van der Waals surface area contributed by atoms with E-state index in [4.69, 9.17) is 42.1 Å². The number of rotatable bonds is 6. The Bertz CT molecular complexity index is 1240. The predicted molar refractivity (Wildman–Crippen MR) is 180 cm³/mol. The molecule has 4 aliphatic heterocycles. The molecule has 1 N–H and O–H groups in total. The number of epoxide rings is 1. The molecule has 4 fully saturated rings. The summed E-state index contributed by atoms with van der Waals surface area (Å²) in [5, 5.41) is 3.36. The van der Waals surface area contributed by atoms with Gasteiger partial charge in [0.2, 0.25) is 4.52 Å². The normalized spacial score (nSPS) is 20.2. The van der Waals surface area contributed by atoms with Crippen molar-refractivity contribution in [2.45, 2.75) is 81.9 Å². The quantitative estimate of drug-likeness (QED) is 0.224. The largest absolute Gasteiger partial charge is 0.450 e. The first kappa shape index (κ1) is 39.2. The number of likely N-dealkylation sites (tertiary alicyclic amines) is 3. The number of nitrogens with one attached hydrogen (secondary N) is 1. The lowest BCUT2D eigenvalue weighted by molar-refractivity contribution is -0.123. The molecule has 4 saturated heterocycles. The molecule has 0 aromatic heterocycles. The lowest BCUT2D eigenvalue weighted by Gasteiger charge is -2.40. The second-order valence-electron chi connectivity index (χ2n) is 11.8. The number of carbonyl (C=O) groups is 5. The van der Waals surface area contributed by atoms with Gasteiger partial charge >= 0.3 is 18.3 Å². The minimum Gasteiger partial charge on any atom is -0.450 e. The molecule has 1 aromatic carbocycles. The van der Waals surface area contributed by atoms with Gasteiger partial charge in [0.15, 0.2) is 5.78 Å². The highest BCUT2D eigenvalue weighted by Gasteiger charge is 2.69. The zero-order chi connectivity index (χ0) is 35.4. The van der Waals surface area contributed by atoms with Gasteiger partial charge in [-0.25, -0.2) is 14.4 Å². The Labute approximate surface area is 292 Å². The minimum atomic E-state index is -1.05. The Hall–Kier alpha value is -3.29. The summed E-state index contributed by atoms with van der Waals surface area (Å²) in [7, 11) is 0. The van der Waals surface area contributed by atoms with E-state index in [1.165, 1.54) is 0 Å². The zero-order valence-electron chi connectivity index (χ0n) is 28.3. The molecule has 1 spiro atoms. The van der Waals surface area contributed by atoms with Gasteiger partial charge in [-0.05, 0) is 65.5 Å². The number of hydrogen-bond donors (Lipinski definition) is 1. The molecule has 4 heterocycles. The average Bonchev–Trinajstić information content (AvgIpc) is 3.61. The highest BCUT2D eigenvalue weighted by atomic mass is 35.5. The number of piperidine rings is 3. The molecule has 0 radical (unpaired) electrons. The van der Waals surface area contributed by atoms with Crippen LogP contribution in [0, 0.1) is 0 Å². The number of para-hydroxylation sites is 1. The molecule has 268 valence electrons. The number of ether oxygens (including phenoxy) is 4. The Morgan fingerprint density at radius 2 is 1.12 bits per heavy atom. The summed E-state index contributed by atoms with van der Waals surface area (Å²) < 4.78 is 18.9. The number of halogens is 2. The van der Waals surface area contributed by atoms with Gasteiger partial charge in [0.1, 0.15) is 11.4 Å². The van der Waals surface area contributed by atoms with Crippen molar-refractivity contribution in [1.82, 2.24) is 14.7 Å². The third-order valence-corrected chi connectivity index (χ3v) is 9.57. The van der Waals surface area contributed by atoms with Crippen molar-refractivity contribution in [2.75, 3.05) is 64.4 Å². The van der Waals surface area contributed by atoms with Crippen molar-refractivity contribution in [3.63, 3.8) is 0 Å². The van der Waals surface area contributed by atoms with Crippen molar-refractivity contribution in [3.8, 4) is 0 Å². The van der Waals surface area contributed by atoms with E-state index in [-0.39, 0.29) is 29.8 Å². The fourth-order valence-electron chi connectivity index (χ4n) is 5.68. The van der Waals surface area contributed by atoms with E-state index in [2.05, 4.69) is 5.32 Å². The first-order valence-electron chi connectivity index (χ1n) is 16.5. The maximum atomic E-state index is 12.1. The molecular weight excluding hydrogens is 667 g/mol. The van der Waals surface area contributed by atoms with Crippen LogP contribution in [0.15, 0.2) is 30.3 Å². The SMILES string of the molecule is CCOC(=O)N1CCC(=O)CC1.CCOC(=O)N1CCC(Nc2ccccc2)(C(C)=O)CC1.CCOC(=O)N1CCC2(CC1)OC2(Cl)Cl. The highest BCUT2D eigenvalue weighted by Crippen LogP contribution is 2.60. The third kappa shape index (κ3) is 10.6. The number of nitrogens with zero attached hydrogens (tertiary/aromatic N) is 3. The van der Waals surface area contributed by atoms with Crippen molar-refractivity contribution < 1.29 is 42.9 Å². The van der Waals surface area contributed by atoms with Gasteiger partial charge in [0.25, 0.3) is 0 Å². The summed E-state index contributed by atoms with van der Waals surface area (Å²) >= 11 is 11.7. The van der Waals surface area contributed by atoms with Gasteiger partial charge in [-0.15, -0.1) is 0 Å². The number of alkyl halides is 2. The first-order chi connectivity index (χ1) is 22.8. The molecule has 0 saturated carbocycles. The summed E-state index contributed by atoms with van der Waals surface area (Å²) in [6, 6.07) is 9.70. The van der Waals surface area contributed by atoms with E-state index in [1.54, 1.807) is 42.4 Å². The standard InChI is InChI=1S/C16H22N2O3.C9H13Cl2NO3.C8H13NO3/c1-3-21-15(20)18-11-9-16(10-12-18,13(2)19)17-14-7-5-4-6-8-14;1-2-14-7(13)12-5-3-8(4-6-12)9(10,11)15-8;1-2-12-8(11)9-5-3-7(10)4-6-9/h4-8,17H,3,9-12H2,1-2H3;2-6H2,1H3;2-6H2,1H3. The smallest absolute Gasteiger partial charge is 0.409 e. The molecular formula is C33H48Cl2N4O9. The number of hydrogen-bond acceptors (Lipinski definition) is 10. The van der Waals surface area contributed by atoms with Gasteiger partial charge in [0, 0.05) is 57.8 Å². The topological polar surface area (TPSA) is 147 Å². The Morgan fingerprint density at radius 3 is 1.50 bits per heavy atom. The number of amides is 3. The van der Waals surface area contributed by atoms with Gasteiger partial charge in [-0.2, -0.15) is 0 Å². The van der Waals surface area contributed by atoms with Crippen LogP contribution in [0.5, 0.6) is 0 Å². The van der Waals surface area contributed by atoms with Gasteiger partial charge in [-0.1, -0.05) is 41.4 Å². The van der Waals surface area contributed by atoms with Crippen LogP contribution in [0.2, 0.25) is 0 Å². The molecule has 0 aliphatic carbocycles. The van der Waals surface area contributed by atoms with Crippen LogP contribution in [0.1, 0.15) is 66.2 Å². The van der Waals surface area contributed by atoms with Crippen LogP contribution >= 0.6 is 23.2 Å². The number of carbonyl (C=O) groups excluding carboxylic acids is 5. The summed E-state index contributed by atoms with van der Waals surface area (Å²) in [4.78, 5) is 62.1. The predicted octanol–water partition coefficient (Wildman–Crippen LogP) is 5.63. The van der Waals surface area contributed by atoms with Gasteiger partial charge in [0.05, 0.1) is 25.4 Å². The van der Waals surface area contributed by atoms with E-state index in [9.17, 15) is 24.0 Å². The fraction of sp³-hybridized carbons (Fsp3) is 0.667. The second-order valence-corrected chi connectivity index (χ2v) is 13.1. The highest BCUT2D eigenvalue weighted by molar-refractivity contribution is 6.50. The molecule has 4 aliphatic rings. The zero-order valence-corrected chi connectivity index (χ0v) is 29.8. The number of anilines is 1. The molecule has 3 amide bonds. The van der Waals surface area contributed by atoms with E-state index < -0.39 is 15.7 Å². The molecule has 48 heavy (non-hydrogen) atoms. The first-order valence-corrected chi connectivity index (χ1v) is 17.3. The van der Waals surface area contributed by atoms with Crippen LogP contribution < -0.4 is 5.32 Å². The van der Waals surface area contributed by atoms with E-state index in [1.807, 2.05) is 30.3 Å². The number of ketones is 2. The second kappa shape index (κ2) is 17.9. The summed E-state index contributed by atoms with van der Waals surface area (Å²) in [5.74, 6) is 0.338. The fourth-order valence-corrected chi connectivity index (χ4v) is 6.35. The van der Waals surface area contributed by atoms with Crippen LogP contribution in [-0.4, -0.2) is 119 Å². The van der Waals surface area contributed by atoms with Crippen LogP contribution in [0.3, 0.4) is 0 Å². The molecule has 1 aromatic rings. The van der Waals surface area contributed by atoms with Gasteiger partial charge in [-0.3, -0.25) is 9.59 Å². The monoisotopic (exact) mass is 714 g/mol. The van der Waals surface area contributed by atoms with Crippen molar-refractivity contribution in [3.05, 3.63) is 30.3 Å². The summed E-state index contributed by atoms with van der Waals surface area (Å²) in [6.07, 6.45) is 2.59. The third-order valence-electron chi connectivity index (χ3n) is 8.73. The van der Waals surface area contributed by atoms with Crippen molar-refractivity contribution in [1.29, 1.82) is 0 Å². The number of Topliss-reactive ketones (excluding diaryl/α,β-unsaturated/α-hetero) is 2. The minimum absolute atomic E-state index is 0.106.